The average molecular weight is 301 g/mol. The summed E-state index contributed by atoms with van der Waals surface area (Å²) in [5.74, 6) is 1.20. The molecule has 0 spiro atoms. The third kappa shape index (κ3) is 3.67. The summed E-state index contributed by atoms with van der Waals surface area (Å²) in [5.41, 5.74) is 0.823. The monoisotopic (exact) mass is 301 g/mol. The SMILES string of the molecule is O=C(CCC1CCCC1)Oc1cccc(N2CCCC2=O)c1. The van der Waals surface area contributed by atoms with Crippen LogP contribution in [0.15, 0.2) is 24.3 Å². The molecule has 1 heterocycles. The van der Waals surface area contributed by atoms with Gasteiger partial charge >= 0.3 is 5.97 Å². The van der Waals surface area contributed by atoms with Gasteiger partial charge in [-0.1, -0.05) is 31.7 Å². The van der Waals surface area contributed by atoms with Gasteiger partial charge in [-0.05, 0) is 30.9 Å². The number of anilines is 1. The molecule has 22 heavy (non-hydrogen) atoms. The van der Waals surface area contributed by atoms with Gasteiger partial charge < -0.3 is 9.64 Å². The molecule has 0 atom stereocenters. The molecule has 0 aromatic heterocycles. The van der Waals surface area contributed by atoms with Crippen molar-refractivity contribution < 1.29 is 14.3 Å². The molecule has 1 aliphatic carbocycles. The van der Waals surface area contributed by atoms with E-state index in [4.69, 9.17) is 4.74 Å². The van der Waals surface area contributed by atoms with Gasteiger partial charge in [0.25, 0.3) is 0 Å². The van der Waals surface area contributed by atoms with E-state index in [0.717, 1.165) is 25.1 Å². The molecule has 0 radical (unpaired) electrons. The maximum atomic E-state index is 12.0. The first-order chi connectivity index (χ1) is 10.7. The molecule has 4 heteroatoms. The minimum absolute atomic E-state index is 0.143. The van der Waals surface area contributed by atoms with E-state index in [-0.39, 0.29) is 11.9 Å². The number of carbonyl (C=O) groups excluding carboxylic acids is 2. The van der Waals surface area contributed by atoms with Crippen LogP contribution in [0, 0.1) is 5.92 Å². The first-order valence-electron chi connectivity index (χ1n) is 8.33. The Balaban J connectivity index is 1.55. The summed E-state index contributed by atoms with van der Waals surface area (Å²) in [6.45, 7) is 0.748. The lowest BCUT2D eigenvalue weighted by Crippen LogP contribution is -2.23. The van der Waals surface area contributed by atoms with Crippen LogP contribution in [-0.2, 0) is 9.59 Å². The molecule has 2 fully saturated rings. The van der Waals surface area contributed by atoms with Gasteiger partial charge in [-0.25, -0.2) is 0 Å². The Hall–Kier alpha value is -1.84. The van der Waals surface area contributed by atoms with E-state index in [1.165, 1.54) is 25.7 Å². The molecule has 1 saturated heterocycles. The Morgan fingerprint density at radius 3 is 2.77 bits per heavy atom. The van der Waals surface area contributed by atoms with E-state index in [1.54, 1.807) is 17.0 Å². The highest BCUT2D eigenvalue weighted by Crippen LogP contribution is 2.29. The Kier molecular flexibility index (Phi) is 4.76. The number of rotatable bonds is 5. The molecular formula is C18H23NO3. The second kappa shape index (κ2) is 6.95. The molecule has 1 aromatic rings. The lowest BCUT2D eigenvalue weighted by Gasteiger charge is -2.16. The fraction of sp³-hybridized carbons (Fsp3) is 0.556. The van der Waals surface area contributed by atoms with E-state index >= 15 is 0 Å². The number of hydrogen-bond donors (Lipinski definition) is 0. The zero-order valence-electron chi connectivity index (χ0n) is 12.9. The summed E-state index contributed by atoms with van der Waals surface area (Å²) >= 11 is 0. The summed E-state index contributed by atoms with van der Waals surface area (Å²) in [5, 5.41) is 0. The van der Waals surface area contributed by atoms with E-state index in [9.17, 15) is 9.59 Å². The average Bonchev–Trinajstić information content (AvgIpc) is 3.16. The van der Waals surface area contributed by atoms with Gasteiger partial charge in [0.1, 0.15) is 5.75 Å². The van der Waals surface area contributed by atoms with Crippen molar-refractivity contribution in [2.75, 3.05) is 11.4 Å². The quantitative estimate of drug-likeness (QED) is 0.615. The second-order valence-corrected chi connectivity index (χ2v) is 6.31. The van der Waals surface area contributed by atoms with E-state index in [1.807, 2.05) is 12.1 Å². The zero-order chi connectivity index (χ0) is 15.4. The van der Waals surface area contributed by atoms with E-state index < -0.39 is 0 Å². The molecular weight excluding hydrogens is 278 g/mol. The molecule has 1 saturated carbocycles. The van der Waals surface area contributed by atoms with Crippen molar-refractivity contribution in [3.8, 4) is 5.75 Å². The van der Waals surface area contributed by atoms with Crippen LogP contribution >= 0.6 is 0 Å². The van der Waals surface area contributed by atoms with Crippen molar-refractivity contribution in [1.29, 1.82) is 0 Å². The van der Waals surface area contributed by atoms with Crippen molar-refractivity contribution in [2.45, 2.75) is 51.4 Å². The lowest BCUT2D eigenvalue weighted by molar-refractivity contribution is -0.134. The Labute approximate surface area is 131 Å². The topological polar surface area (TPSA) is 46.6 Å². The Morgan fingerprint density at radius 1 is 1.23 bits per heavy atom. The second-order valence-electron chi connectivity index (χ2n) is 6.31. The van der Waals surface area contributed by atoms with E-state index in [2.05, 4.69) is 0 Å². The van der Waals surface area contributed by atoms with Crippen molar-refractivity contribution in [2.24, 2.45) is 5.92 Å². The van der Waals surface area contributed by atoms with Crippen LogP contribution < -0.4 is 9.64 Å². The van der Waals surface area contributed by atoms with Crippen molar-refractivity contribution in [3.63, 3.8) is 0 Å². The molecule has 2 aliphatic rings. The minimum atomic E-state index is -0.170. The summed E-state index contributed by atoms with van der Waals surface area (Å²) in [7, 11) is 0. The van der Waals surface area contributed by atoms with Gasteiger partial charge in [0.15, 0.2) is 0 Å². The maximum absolute atomic E-state index is 12.0. The zero-order valence-corrected chi connectivity index (χ0v) is 12.9. The highest BCUT2D eigenvalue weighted by atomic mass is 16.5. The maximum Gasteiger partial charge on any atom is 0.311 e. The van der Waals surface area contributed by atoms with Gasteiger partial charge in [-0.3, -0.25) is 9.59 Å². The Bertz CT molecular complexity index is 549. The molecule has 3 rings (SSSR count). The third-order valence-electron chi connectivity index (χ3n) is 4.67. The standard InChI is InChI=1S/C18H23NO3/c20-17-9-4-12-19(17)15-7-3-8-16(13-15)22-18(21)11-10-14-5-1-2-6-14/h3,7-8,13-14H,1-2,4-6,9-12H2. The molecule has 1 aliphatic heterocycles. The summed E-state index contributed by atoms with van der Waals surface area (Å²) in [6.07, 6.45) is 8.01. The number of hydrogen-bond acceptors (Lipinski definition) is 3. The number of esters is 1. The van der Waals surface area contributed by atoms with Gasteiger partial charge in [0, 0.05) is 31.1 Å². The van der Waals surface area contributed by atoms with Crippen LogP contribution in [0.1, 0.15) is 51.4 Å². The van der Waals surface area contributed by atoms with Crippen molar-refractivity contribution in [1.82, 2.24) is 0 Å². The molecule has 0 N–H and O–H groups in total. The van der Waals surface area contributed by atoms with Gasteiger partial charge in [-0.15, -0.1) is 0 Å². The molecule has 1 aromatic carbocycles. The molecule has 4 nitrogen and oxygen atoms in total. The number of carbonyl (C=O) groups is 2. The summed E-state index contributed by atoms with van der Waals surface area (Å²) < 4.78 is 5.43. The molecule has 118 valence electrons. The van der Waals surface area contributed by atoms with Gasteiger partial charge in [-0.2, -0.15) is 0 Å². The summed E-state index contributed by atoms with van der Waals surface area (Å²) in [6, 6.07) is 7.29. The number of amides is 1. The first kappa shape index (κ1) is 15.1. The molecule has 0 unspecified atom stereocenters. The van der Waals surface area contributed by atoms with Crippen molar-refractivity contribution in [3.05, 3.63) is 24.3 Å². The van der Waals surface area contributed by atoms with Gasteiger partial charge in [0.05, 0.1) is 0 Å². The molecule has 0 bridgehead atoms. The Morgan fingerprint density at radius 2 is 2.05 bits per heavy atom. The van der Waals surface area contributed by atoms with Crippen LogP contribution in [0.25, 0.3) is 0 Å². The van der Waals surface area contributed by atoms with Crippen LogP contribution in [0.3, 0.4) is 0 Å². The number of ether oxygens (including phenoxy) is 1. The fourth-order valence-corrected chi connectivity index (χ4v) is 3.44. The number of benzene rings is 1. The fourth-order valence-electron chi connectivity index (χ4n) is 3.44. The highest BCUT2D eigenvalue weighted by molar-refractivity contribution is 5.95. The summed E-state index contributed by atoms with van der Waals surface area (Å²) in [4.78, 5) is 25.5. The van der Waals surface area contributed by atoms with Crippen LogP contribution in [0.5, 0.6) is 5.75 Å². The smallest absolute Gasteiger partial charge is 0.311 e. The highest BCUT2D eigenvalue weighted by Gasteiger charge is 2.22. The van der Waals surface area contributed by atoms with Gasteiger partial charge in [0.2, 0.25) is 5.91 Å². The number of nitrogens with zero attached hydrogens (tertiary/aromatic N) is 1. The van der Waals surface area contributed by atoms with Crippen LogP contribution in [0.2, 0.25) is 0 Å². The minimum Gasteiger partial charge on any atom is -0.426 e. The largest absolute Gasteiger partial charge is 0.426 e. The van der Waals surface area contributed by atoms with E-state index in [0.29, 0.717) is 24.5 Å². The van der Waals surface area contributed by atoms with Crippen LogP contribution in [-0.4, -0.2) is 18.4 Å². The normalized spacial score (nSPS) is 18.9. The predicted octanol–water partition coefficient (Wildman–Crippen LogP) is 3.69. The molecule has 1 amide bonds. The predicted molar refractivity (Wildman–Crippen MR) is 84.9 cm³/mol. The van der Waals surface area contributed by atoms with Crippen molar-refractivity contribution >= 4 is 17.6 Å². The first-order valence-corrected chi connectivity index (χ1v) is 8.33. The lowest BCUT2D eigenvalue weighted by atomic mass is 10.0. The third-order valence-corrected chi connectivity index (χ3v) is 4.67. The van der Waals surface area contributed by atoms with Crippen LogP contribution in [0.4, 0.5) is 5.69 Å².